The molecule has 1 aromatic carbocycles. The Balaban J connectivity index is 2.54. The van der Waals surface area contributed by atoms with E-state index in [1.807, 2.05) is 29.0 Å². The number of nitrogens with two attached hydrogens (primary N) is 1. The number of anilines is 1. The Morgan fingerprint density at radius 1 is 1.33 bits per heavy atom. The van der Waals surface area contributed by atoms with E-state index < -0.39 is 0 Å². The maximum absolute atomic E-state index is 11.5. The van der Waals surface area contributed by atoms with E-state index in [0.29, 0.717) is 17.7 Å². The maximum atomic E-state index is 11.5. The van der Waals surface area contributed by atoms with Crippen molar-refractivity contribution in [3.05, 3.63) is 40.1 Å². The smallest absolute Gasteiger partial charge is 0.161 e. The lowest BCUT2D eigenvalue weighted by atomic mass is 9.97. The fourth-order valence-electron chi connectivity index (χ4n) is 1.96. The lowest BCUT2D eigenvalue weighted by molar-refractivity contribution is 0.101. The summed E-state index contributed by atoms with van der Waals surface area (Å²) in [7, 11) is 0. The highest BCUT2D eigenvalue weighted by Crippen LogP contribution is 2.33. The Kier molecular flexibility index (Phi) is 3.79. The van der Waals surface area contributed by atoms with Gasteiger partial charge in [0.2, 0.25) is 0 Å². The fourth-order valence-corrected chi connectivity index (χ4v) is 2.85. The Morgan fingerprint density at radius 3 is 2.78 bits per heavy atom. The highest BCUT2D eigenvalue weighted by Gasteiger charge is 2.14. The van der Waals surface area contributed by atoms with Crippen molar-refractivity contribution in [2.24, 2.45) is 0 Å². The molecule has 0 aliphatic heterocycles. The number of thiophene rings is 1. The highest BCUT2D eigenvalue weighted by molar-refractivity contribution is 7.08. The topological polar surface area (TPSA) is 63.3 Å². The molecule has 0 aliphatic carbocycles. The van der Waals surface area contributed by atoms with Gasteiger partial charge in [-0.25, -0.2) is 0 Å². The quantitative estimate of drug-likeness (QED) is 0.657. The lowest BCUT2D eigenvalue weighted by Crippen LogP contribution is -2.01. The van der Waals surface area contributed by atoms with E-state index in [9.17, 15) is 4.79 Å². The van der Waals surface area contributed by atoms with Crippen LogP contribution in [0.5, 0.6) is 0 Å². The molecule has 0 fully saturated rings. The molecule has 2 rings (SSSR count). The van der Waals surface area contributed by atoms with Crippen LogP contribution in [0.2, 0.25) is 0 Å². The van der Waals surface area contributed by atoms with Crippen molar-refractivity contribution < 1.29 is 9.90 Å². The number of Topliss-reactive ketones (excluding diaryl/α,β-unsaturated/α-hetero) is 1. The number of hydrogen-bond acceptors (Lipinski definition) is 4. The minimum atomic E-state index is 0.0400. The first kappa shape index (κ1) is 12.8. The summed E-state index contributed by atoms with van der Waals surface area (Å²) >= 11 is 1.49. The molecular weight excluding hydrogens is 246 g/mol. The number of benzene rings is 1. The molecule has 0 radical (unpaired) electrons. The van der Waals surface area contributed by atoms with E-state index in [1.165, 1.54) is 11.3 Å². The zero-order chi connectivity index (χ0) is 13.1. The number of nitrogen functional groups attached to an aromatic ring is 1. The third-order valence-electron chi connectivity index (χ3n) is 2.91. The van der Waals surface area contributed by atoms with Crippen LogP contribution in [0.1, 0.15) is 22.8 Å². The second kappa shape index (κ2) is 5.33. The van der Waals surface area contributed by atoms with Crippen LogP contribution in [0, 0.1) is 0 Å². The molecule has 0 saturated carbocycles. The van der Waals surface area contributed by atoms with Gasteiger partial charge in [-0.05, 0) is 24.3 Å². The first-order valence-electron chi connectivity index (χ1n) is 5.71. The third-order valence-corrected chi connectivity index (χ3v) is 3.65. The summed E-state index contributed by atoms with van der Waals surface area (Å²) in [4.78, 5) is 11.5. The normalized spacial score (nSPS) is 10.6. The molecule has 3 N–H and O–H groups in total. The van der Waals surface area contributed by atoms with Crippen LogP contribution < -0.4 is 5.73 Å². The number of ketones is 1. The van der Waals surface area contributed by atoms with Crippen LogP contribution in [0.3, 0.4) is 0 Å². The number of aliphatic hydroxyl groups is 1. The van der Waals surface area contributed by atoms with Gasteiger partial charge in [0.15, 0.2) is 5.78 Å². The predicted molar refractivity (Wildman–Crippen MR) is 75.0 cm³/mol. The van der Waals surface area contributed by atoms with Crippen molar-refractivity contribution in [1.29, 1.82) is 0 Å². The number of carbonyl (C=O) groups is 1. The van der Waals surface area contributed by atoms with E-state index in [-0.39, 0.29) is 12.4 Å². The summed E-state index contributed by atoms with van der Waals surface area (Å²) in [5.74, 6) is 0.0400. The average molecular weight is 261 g/mol. The number of hydrogen-bond donors (Lipinski definition) is 2. The van der Waals surface area contributed by atoms with Gasteiger partial charge in [-0.2, -0.15) is 11.3 Å². The minimum Gasteiger partial charge on any atom is -0.398 e. The summed E-state index contributed by atoms with van der Waals surface area (Å²) in [5, 5.41) is 12.8. The predicted octanol–water partition coefficient (Wildman–Crippen LogP) is 2.73. The van der Waals surface area contributed by atoms with Crippen molar-refractivity contribution in [2.75, 3.05) is 12.3 Å². The molecular formula is C14H15NO2S. The van der Waals surface area contributed by atoms with Crippen molar-refractivity contribution in [1.82, 2.24) is 0 Å². The number of para-hydroxylation sites is 1. The Labute approximate surface area is 110 Å². The van der Waals surface area contributed by atoms with Crippen LogP contribution in [0.25, 0.3) is 11.1 Å². The zero-order valence-electron chi connectivity index (χ0n) is 10.1. The van der Waals surface area contributed by atoms with Gasteiger partial charge in [0.1, 0.15) is 0 Å². The minimum absolute atomic E-state index is 0.0400. The van der Waals surface area contributed by atoms with Crippen LogP contribution in [0.4, 0.5) is 5.69 Å². The van der Waals surface area contributed by atoms with Gasteiger partial charge in [-0.3, -0.25) is 4.79 Å². The van der Waals surface area contributed by atoms with Crippen molar-refractivity contribution in [2.45, 2.75) is 13.3 Å². The van der Waals surface area contributed by atoms with Crippen molar-refractivity contribution in [3.63, 3.8) is 0 Å². The highest BCUT2D eigenvalue weighted by atomic mass is 32.1. The third kappa shape index (κ3) is 2.30. The molecule has 0 unspecified atom stereocenters. The molecule has 2 aromatic rings. The Hall–Kier alpha value is -1.65. The molecule has 94 valence electrons. The molecule has 1 heterocycles. The number of aliphatic hydroxyl groups excluding tert-OH is 1. The Bertz CT molecular complexity index is 575. The van der Waals surface area contributed by atoms with Crippen LogP contribution in [0.15, 0.2) is 29.0 Å². The molecule has 4 heteroatoms. The second-order valence-corrected chi connectivity index (χ2v) is 4.85. The summed E-state index contributed by atoms with van der Waals surface area (Å²) in [6.07, 6.45) is 0.527. The SMILES string of the molecule is CC(=O)c1cscc1-c1cccc(CCO)c1N. The Morgan fingerprint density at radius 2 is 2.11 bits per heavy atom. The van der Waals surface area contributed by atoms with Gasteiger partial charge >= 0.3 is 0 Å². The first-order chi connectivity index (χ1) is 8.65. The van der Waals surface area contributed by atoms with Gasteiger partial charge in [-0.15, -0.1) is 0 Å². The standard InChI is InChI=1S/C14H15NO2S/c1-9(17)12-7-18-8-13(12)11-4-2-3-10(5-6-16)14(11)15/h2-4,7-8,16H,5-6,15H2,1H3. The number of rotatable bonds is 4. The van der Waals surface area contributed by atoms with Crippen LogP contribution in [-0.4, -0.2) is 17.5 Å². The molecule has 1 aromatic heterocycles. The van der Waals surface area contributed by atoms with Crippen molar-refractivity contribution in [3.8, 4) is 11.1 Å². The second-order valence-electron chi connectivity index (χ2n) is 4.11. The van der Waals surface area contributed by atoms with Crippen LogP contribution >= 0.6 is 11.3 Å². The van der Waals surface area contributed by atoms with Gasteiger partial charge in [0.25, 0.3) is 0 Å². The molecule has 18 heavy (non-hydrogen) atoms. The summed E-state index contributed by atoms with van der Waals surface area (Å²) < 4.78 is 0. The van der Waals surface area contributed by atoms with Gasteiger partial charge in [0.05, 0.1) is 0 Å². The van der Waals surface area contributed by atoms with Crippen molar-refractivity contribution >= 4 is 22.8 Å². The first-order valence-corrected chi connectivity index (χ1v) is 6.65. The summed E-state index contributed by atoms with van der Waals surface area (Å²) in [6, 6.07) is 5.71. The maximum Gasteiger partial charge on any atom is 0.161 e. The molecule has 0 spiro atoms. The molecule has 0 bridgehead atoms. The van der Waals surface area contributed by atoms with Gasteiger partial charge in [0, 0.05) is 34.4 Å². The molecule has 0 aliphatic rings. The van der Waals surface area contributed by atoms with E-state index in [0.717, 1.165) is 16.7 Å². The van der Waals surface area contributed by atoms with E-state index in [1.54, 1.807) is 6.92 Å². The zero-order valence-corrected chi connectivity index (χ0v) is 11.0. The van der Waals surface area contributed by atoms with E-state index >= 15 is 0 Å². The average Bonchev–Trinajstić information content (AvgIpc) is 2.81. The van der Waals surface area contributed by atoms with E-state index in [2.05, 4.69) is 0 Å². The van der Waals surface area contributed by atoms with Gasteiger partial charge < -0.3 is 10.8 Å². The number of carbonyl (C=O) groups excluding carboxylic acids is 1. The van der Waals surface area contributed by atoms with Gasteiger partial charge in [-0.1, -0.05) is 18.2 Å². The van der Waals surface area contributed by atoms with Crippen LogP contribution in [-0.2, 0) is 6.42 Å². The van der Waals surface area contributed by atoms with E-state index in [4.69, 9.17) is 10.8 Å². The largest absolute Gasteiger partial charge is 0.398 e. The fraction of sp³-hybridized carbons (Fsp3) is 0.214. The summed E-state index contributed by atoms with van der Waals surface area (Å²) in [5.41, 5.74) is 10.1. The molecule has 3 nitrogen and oxygen atoms in total. The summed E-state index contributed by atoms with van der Waals surface area (Å²) in [6.45, 7) is 1.62. The molecule has 0 amide bonds. The monoisotopic (exact) mass is 261 g/mol. The molecule has 0 atom stereocenters. The molecule has 0 saturated heterocycles. The lowest BCUT2D eigenvalue weighted by Gasteiger charge is -2.10.